The molecule has 1 amide bonds. The van der Waals surface area contributed by atoms with Crippen molar-refractivity contribution < 1.29 is 13.2 Å². The zero-order valence-electron chi connectivity index (χ0n) is 13.6. The van der Waals surface area contributed by atoms with Crippen LogP contribution in [0.1, 0.15) is 24.2 Å². The van der Waals surface area contributed by atoms with Gasteiger partial charge in [0.15, 0.2) is 9.84 Å². The van der Waals surface area contributed by atoms with Crippen LogP contribution in [0.15, 0.2) is 35.5 Å². The van der Waals surface area contributed by atoms with Gasteiger partial charge >= 0.3 is 0 Å². The third-order valence-corrected chi connectivity index (χ3v) is 5.52. The molecule has 0 saturated carbocycles. The van der Waals surface area contributed by atoms with Crippen LogP contribution in [0.4, 0.5) is 5.82 Å². The Bertz CT molecular complexity index is 848. The molecule has 0 aromatic carbocycles. The van der Waals surface area contributed by atoms with Crippen molar-refractivity contribution in [2.75, 3.05) is 12.8 Å². The van der Waals surface area contributed by atoms with E-state index in [9.17, 15) is 13.2 Å². The molecular formula is C15H19N5O3S. The molecule has 0 aliphatic heterocycles. The van der Waals surface area contributed by atoms with Gasteiger partial charge in [-0.2, -0.15) is 0 Å². The van der Waals surface area contributed by atoms with E-state index in [0.29, 0.717) is 11.3 Å². The van der Waals surface area contributed by atoms with Gasteiger partial charge < -0.3 is 5.73 Å². The molecule has 2 aromatic rings. The van der Waals surface area contributed by atoms with Crippen molar-refractivity contribution in [1.29, 1.82) is 0 Å². The van der Waals surface area contributed by atoms with Crippen LogP contribution in [0.2, 0.25) is 0 Å². The van der Waals surface area contributed by atoms with Crippen molar-refractivity contribution in [3.8, 4) is 11.3 Å². The number of pyridine rings is 2. The molecule has 0 atom stereocenters. The van der Waals surface area contributed by atoms with E-state index in [1.54, 1.807) is 33.0 Å². The van der Waals surface area contributed by atoms with E-state index in [-0.39, 0.29) is 16.3 Å². The highest BCUT2D eigenvalue weighted by molar-refractivity contribution is 7.92. The van der Waals surface area contributed by atoms with E-state index >= 15 is 0 Å². The summed E-state index contributed by atoms with van der Waals surface area (Å²) < 4.78 is 24.2. The quantitative estimate of drug-likeness (QED) is 0.680. The first-order valence-electron chi connectivity index (χ1n) is 7.20. The number of rotatable bonds is 5. The van der Waals surface area contributed by atoms with Gasteiger partial charge in [0, 0.05) is 25.0 Å². The summed E-state index contributed by atoms with van der Waals surface area (Å²) in [5.74, 6) is -0.339. The number of carbonyl (C=O) groups is 1. The topological polar surface area (TPSA) is 127 Å². The van der Waals surface area contributed by atoms with Gasteiger partial charge in [0.25, 0.3) is 5.91 Å². The normalized spacial score (nSPS) is 11.5. The Labute approximate surface area is 140 Å². The van der Waals surface area contributed by atoms with Crippen LogP contribution >= 0.6 is 0 Å². The number of sulfone groups is 1. The second-order valence-corrected chi connectivity index (χ2v) is 7.84. The number of nitrogens with zero attached hydrogens (tertiary/aromatic N) is 2. The number of nitrogens with one attached hydrogen (secondary N) is 2. The molecule has 0 unspecified atom stereocenters. The predicted octanol–water partition coefficient (Wildman–Crippen LogP) is 0.772. The highest BCUT2D eigenvalue weighted by Gasteiger charge is 2.20. The van der Waals surface area contributed by atoms with E-state index in [4.69, 9.17) is 5.73 Å². The summed E-state index contributed by atoms with van der Waals surface area (Å²) >= 11 is 0. The predicted molar refractivity (Wildman–Crippen MR) is 90.7 cm³/mol. The Morgan fingerprint density at radius 1 is 1.21 bits per heavy atom. The molecule has 0 aliphatic carbocycles. The monoisotopic (exact) mass is 349 g/mol. The number of anilines is 1. The van der Waals surface area contributed by atoms with Crippen LogP contribution < -0.4 is 16.6 Å². The number of carbonyl (C=O) groups excluding carboxylic acids is 1. The van der Waals surface area contributed by atoms with Crippen LogP contribution in [0.5, 0.6) is 0 Å². The maximum atomic E-state index is 12.1. The van der Waals surface area contributed by atoms with Crippen molar-refractivity contribution in [3.63, 3.8) is 0 Å². The number of hydrazine groups is 1. The van der Waals surface area contributed by atoms with Gasteiger partial charge in [0.1, 0.15) is 5.82 Å². The molecule has 0 spiro atoms. The van der Waals surface area contributed by atoms with Crippen LogP contribution in [0, 0.1) is 0 Å². The SMILES string of the molecule is CNNC(=O)c1cc(-c2ccc(S(=O)(=O)C(C)C)cn2)cnc1N. The van der Waals surface area contributed by atoms with Gasteiger partial charge in [0.2, 0.25) is 0 Å². The zero-order chi connectivity index (χ0) is 17.9. The molecule has 8 nitrogen and oxygen atoms in total. The lowest BCUT2D eigenvalue weighted by Crippen LogP contribution is -2.34. The van der Waals surface area contributed by atoms with Gasteiger partial charge in [-0.15, -0.1) is 0 Å². The number of hydrogen-bond acceptors (Lipinski definition) is 7. The van der Waals surface area contributed by atoms with Crippen molar-refractivity contribution in [3.05, 3.63) is 36.2 Å². The third-order valence-electron chi connectivity index (χ3n) is 3.38. The van der Waals surface area contributed by atoms with Gasteiger partial charge in [-0.05, 0) is 32.0 Å². The summed E-state index contributed by atoms with van der Waals surface area (Å²) in [5.41, 5.74) is 11.9. The van der Waals surface area contributed by atoms with E-state index in [0.717, 1.165) is 0 Å². The van der Waals surface area contributed by atoms with Gasteiger partial charge in [0.05, 0.1) is 21.4 Å². The molecule has 2 heterocycles. The average Bonchev–Trinajstić information content (AvgIpc) is 2.55. The highest BCUT2D eigenvalue weighted by atomic mass is 32.2. The van der Waals surface area contributed by atoms with E-state index in [2.05, 4.69) is 20.8 Å². The van der Waals surface area contributed by atoms with Crippen molar-refractivity contribution >= 4 is 21.6 Å². The fourth-order valence-corrected chi connectivity index (χ4v) is 2.97. The van der Waals surface area contributed by atoms with Gasteiger partial charge in [-0.3, -0.25) is 15.2 Å². The lowest BCUT2D eigenvalue weighted by atomic mass is 10.1. The van der Waals surface area contributed by atoms with Crippen molar-refractivity contribution in [2.45, 2.75) is 24.0 Å². The van der Waals surface area contributed by atoms with E-state index in [1.807, 2.05) is 0 Å². The van der Waals surface area contributed by atoms with Gasteiger partial charge in [-0.25, -0.2) is 18.8 Å². The third kappa shape index (κ3) is 3.52. The summed E-state index contributed by atoms with van der Waals surface area (Å²) in [6.07, 6.45) is 2.78. The molecule has 0 aliphatic rings. The molecule has 0 radical (unpaired) electrons. The lowest BCUT2D eigenvalue weighted by Gasteiger charge is -2.09. The number of amides is 1. The first kappa shape index (κ1) is 17.8. The maximum Gasteiger partial charge on any atom is 0.269 e. The second kappa shape index (κ2) is 6.93. The Morgan fingerprint density at radius 3 is 2.46 bits per heavy atom. The molecule has 0 bridgehead atoms. The van der Waals surface area contributed by atoms with E-state index < -0.39 is 21.0 Å². The standard InChI is InChI=1S/C15H19N5O3S/c1-9(2)24(22,23)11-4-5-13(18-8-11)10-6-12(14(16)19-7-10)15(21)20-17-3/h4-9,17H,1-3H3,(H2,16,19)(H,20,21). The largest absolute Gasteiger partial charge is 0.383 e. The first-order valence-corrected chi connectivity index (χ1v) is 8.75. The van der Waals surface area contributed by atoms with Crippen molar-refractivity contribution in [2.24, 2.45) is 0 Å². The summed E-state index contributed by atoms with van der Waals surface area (Å²) in [6.45, 7) is 3.22. The van der Waals surface area contributed by atoms with Crippen LogP contribution in [0.25, 0.3) is 11.3 Å². The molecule has 24 heavy (non-hydrogen) atoms. The number of nitrogens with two attached hydrogens (primary N) is 1. The van der Waals surface area contributed by atoms with E-state index in [1.165, 1.54) is 18.5 Å². The summed E-state index contributed by atoms with van der Waals surface area (Å²) in [4.78, 5) is 20.2. The first-order chi connectivity index (χ1) is 11.3. The van der Waals surface area contributed by atoms with Crippen LogP contribution in [-0.2, 0) is 9.84 Å². The Morgan fingerprint density at radius 2 is 1.92 bits per heavy atom. The Kier molecular flexibility index (Phi) is 5.15. The molecule has 0 saturated heterocycles. The molecule has 2 rings (SSSR count). The average molecular weight is 349 g/mol. The molecule has 0 fully saturated rings. The molecule has 2 aromatic heterocycles. The minimum atomic E-state index is -3.38. The number of aromatic nitrogens is 2. The smallest absolute Gasteiger partial charge is 0.269 e. The summed E-state index contributed by atoms with van der Waals surface area (Å²) in [6, 6.07) is 4.61. The fraction of sp³-hybridized carbons (Fsp3) is 0.267. The zero-order valence-corrected chi connectivity index (χ0v) is 14.4. The van der Waals surface area contributed by atoms with Gasteiger partial charge in [-0.1, -0.05) is 0 Å². The Balaban J connectivity index is 2.40. The molecule has 9 heteroatoms. The second-order valence-electron chi connectivity index (χ2n) is 5.33. The number of nitrogen functional groups attached to an aromatic ring is 1. The molecular weight excluding hydrogens is 330 g/mol. The maximum absolute atomic E-state index is 12.1. The summed E-state index contributed by atoms with van der Waals surface area (Å²) in [5, 5.41) is -0.528. The minimum Gasteiger partial charge on any atom is -0.383 e. The van der Waals surface area contributed by atoms with Crippen LogP contribution in [0.3, 0.4) is 0 Å². The lowest BCUT2D eigenvalue weighted by molar-refractivity contribution is 0.0938. The van der Waals surface area contributed by atoms with Crippen LogP contribution in [-0.4, -0.2) is 36.6 Å². The number of hydrogen-bond donors (Lipinski definition) is 3. The fourth-order valence-electron chi connectivity index (χ4n) is 1.97. The van der Waals surface area contributed by atoms with Crippen molar-refractivity contribution in [1.82, 2.24) is 20.8 Å². The minimum absolute atomic E-state index is 0.0884. The highest BCUT2D eigenvalue weighted by Crippen LogP contribution is 2.22. The summed E-state index contributed by atoms with van der Waals surface area (Å²) in [7, 11) is -1.83. The molecule has 128 valence electrons. The molecule has 4 N–H and O–H groups in total. The Hall–Kier alpha value is -2.52.